The number of ether oxygens (including phenoxy) is 2. The number of aryl methyl sites for hydroxylation is 1. The molecule has 1 saturated heterocycles. The molecule has 0 atom stereocenters. The molecule has 1 aliphatic heterocycles. The number of piperidine rings is 1. The van der Waals surface area contributed by atoms with Gasteiger partial charge in [0.2, 0.25) is 0 Å². The first-order chi connectivity index (χ1) is 11.9. The average molecular weight is 348 g/mol. The largest absolute Gasteiger partial charge is 0.491 e. The summed E-state index contributed by atoms with van der Waals surface area (Å²) in [6.45, 7) is 9.27. The quantitative estimate of drug-likeness (QED) is 0.888. The van der Waals surface area contributed by atoms with E-state index in [-0.39, 0.29) is 24.1 Å². The van der Waals surface area contributed by atoms with Crippen molar-refractivity contribution < 1.29 is 19.1 Å². The van der Waals surface area contributed by atoms with E-state index in [9.17, 15) is 9.59 Å². The molecule has 1 aliphatic rings. The maximum Gasteiger partial charge on any atom is 0.409 e. The van der Waals surface area contributed by atoms with Crippen LogP contribution in [-0.2, 0) is 4.74 Å². The van der Waals surface area contributed by atoms with Crippen LogP contribution >= 0.6 is 0 Å². The predicted molar refractivity (Wildman–Crippen MR) is 96.0 cm³/mol. The van der Waals surface area contributed by atoms with E-state index in [1.807, 2.05) is 32.9 Å². The topological polar surface area (TPSA) is 67.9 Å². The summed E-state index contributed by atoms with van der Waals surface area (Å²) in [4.78, 5) is 25.8. The van der Waals surface area contributed by atoms with Crippen molar-refractivity contribution in [1.82, 2.24) is 10.2 Å². The van der Waals surface area contributed by atoms with E-state index < -0.39 is 0 Å². The van der Waals surface area contributed by atoms with E-state index in [2.05, 4.69) is 5.32 Å². The Morgan fingerprint density at radius 3 is 2.52 bits per heavy atom. The van der Waals surface area contributed by atoms with Crippen LogP contribution < -0.4 is 10.1 Å². The third-order valence-electron chi connectivity index (χ3n) is 4.16. The molecule has 0 aromatic heterocycles. The molecule has 1 N–H and O–H groups in total. The van der Waals surface area contributed by atoms with Crippen molar-refractivity contribution >= 4 is 12.0 Å². The lowest BCUT2D eigenvalue weighted by atomic mass is 10.0. The van der Waals surface area contributed by atoms with Gasteiger partial charge in [-0.2, -0.15) is 0 Å². The van der Waals surface area contributed by atoms with Crippen molar-refractivity contribution in [2.45, 2.75) is 52.7 Å². The second kappa shape index (κ2) is 8.74. The minimum Gasteiger partial charge on any atom is -0.491 e. The first-order valence-electron chi connectivity index (χ1n) is 8.90. The maximum atomic E-state index is 12.5. The van der Waals surface area contributed by atoms with Crippen LogP contribution in [0.3, 0.4) is 0 Å². The molecule has 0 spiro atoms. The van der Waals surface area contributed by atoms with E-state index >= 15 is 0 Å². The molecule has 2 amide bonds. The molecule has 0 unspecified atom stereocenters. The van der Waals surface area contributed by atoms with Crippen LogP contribution in [0.4, 0.5) is 4.79 Å². The third-order valence-corrected chi connectivity index (χ3v) is 4.16. The van der Waals surface area contributed by atoms with E-state index in [0.717, 1.165) is 24.2 Å². The van der Waals surface area contributed by atoms with Gasteiger partial charge in [-0.3, -0.25) is 4.79 Å². The number of carbonyl (C=O) groups is 2. The van der Waals surface area contributed by atoms with Crippen LogP contribution in [0.2, 0.25) is 0 Å². The van der Waals surface area contributed by atoms with E-state index in [1.54, 1.807) is 17.9 Å². The van der Waals surface area contributed by atoms with Gasteiger partial charge in [0.25, 0.3) is 5.91 Å². The summed E-state index contributed by atoms with van der Waals surface area (Å²) in [5.41, 5.74) is 1.57. The minimum atomic E-state index is -0.274. The molecule has 25 heavy (non-hydrogen) atoms. The zero-order valence-corrected chi connectivity index (χ0v) is 15.5. The monoisotopic (exact) mass is 348 g/mol. The van der Waals surface area contributed by atoms with Crippen LogP contribution in [0.25, 0.3) is 0 Å². The fourth-order valence-electron chi connectivity index (χ4n) is 2.87. The van der Waals surface area contributed by atoms with E-state index in [0.29, 0.717) is 25.3 Å². The fraction of sp³-hybridized carbons (Fsp3) is 0.579. The van der Waals surface area contributed by atoms with Crippen molar-refractivity contribution in [3.05, 3.63) is 29.3 Å². The number of rotatable bonds is 5. The van der Waals surface area contributed by atoms with Crippen molar-refractivity contribution in [3.63, 3.8) is 0 Å². The smallest absolute Gasteiger partial charge is 0.409 e. The highest BCUT2D eigenvalue weighted by Gasteiger charge is 2.24. The Bertz CT molecular complexity index is 607. The Morgan fingerprint density at radius 1 is 1.28 bits per heavy atom. The summed E-state index contributed by atoms with van der Waals surface area (Å²) in [5.74, 6) is 0.711. The molecule has 0 bridgehead atoms. The van der Waals surface area contributed by atoms with Gasteiger partial charge in [-0.25, -0.2) is 4.79 Å². The number of benzene rings is 1. The molecule has 0 aliphatic carbocycles. The number of carbonyl (C=O) groups excluding carboxylic acids is 2. The van der Waals surface area contributed by atoms with Gasteiger partial charge >= 0.3 is 6.09 Å². The second-order valence-corrected chi connectivity index (χ2v) is 6.58. The highest BCUT2D eigenvalue weighted by molar-refractivity contribution is 5.94. The third kappa shape index (κ3) is 5.37. The average Bonchev–Trinajstić information content (AvgIpc) is 2.57. The number of hydrogen-bond acceptors (Lipinski definition) is 4. The first-order valence-corrected chi connectivity index (χ1v) is 8.90. The molecule has 1 fully saturated rings. The van der Waals surface area contributed by atoms with Gasteiger partial charge in [0.05, 0.1) is 12.7 Å². The summed E-state index contributed by atoms with van der Waals surface area (Å²) in [7, 11) is 0. The normalized spacial score (nSPS) is 15.2. The fourth-order valence-corrected chi connectivity index (χ4v) is 2.87. The van der Waals surface area contributed by atoms with Crippen molar-refractivity contribution in [2.75, 3.05) is 19.7 Å². The second-order valence-electron chi connectivity index (χ2n) is 6.58. The molecule has 1 aromatic rings. The van der Waals surface area contributed by atoms with Crippen LogP contribution in [0.15, 0.2) is 18.2 Å². The van der Waals surface area contributed by atoms with Gasteiger partial charge in [-0.1, -0.05) is 0 Å². The lowest BCUT2D eigenvalue weighted by Crippen LogP contribution is -2.46. The molecular formula is C19H28N2O4. The number of amides is 2. The van der Waals surface area contributed by atoms with Gasteiger partial charge in [-0.15, -0.1) is 0 Å². The molecular weight excluding hydrogens is 320 g/mol. The maximum absolute atomic E-state index is 12.5. The molecule has 6 nitrogen and oxygen atoms in total. The number of likely N-dealkylation sites (tertiary alicyclic amines) is 1. The summed E-state index contributed by atoms with van der Waals surface area (Å²) in [5, 5.41) is 3.06. The Labute approximate surface area is 149 Å². The van der Waals surface area contributed by atoms with Crippen molar-refractivity contribution in [1.29, 1.82) is 0 Å². The molecule has 6 heteroatoms. The summed E-state index contributed by atoms with van der Waals surface area (Å²) >= 11 is 0. The summed E-state index contributed by atoms with van der Waals surface area (Å²) in [6.07, 6.45) is 1.29. The van der Waals surface area contributed by atoms with Crippen LogP contribution in [0.1, 0.15) is 49.5 Å². The molecule has 1 aromatic carbocycles. The summed E-state index contributed by atoms with van der Waals surface area (Å²) < 4.78 is 10.7. The molecule has 0 radical (unpaired) electrons. The van der Waals surface area contributed by atoms with Gasteiger partial charge in [0.1, 0.15) is 5.75 Å². The standard InChI is InChI=1S/C19H28N2O4/c1-5-24-19(23)21-10-8-16(9-11-21)20-18(22)15-6-7-17(14(4)12-15)25-13(2)3/h6-7,12-13,16H,5,8-11H2,1-4H3,(H,20,22). The Morgan fingerprint density at radius 2 is 1.96 bits per heavy atom. The zero-order chi connectivity index (χ0) is 18.4. The SMILES string of the molecule is CCOC(=O)N1CCC(NC(=O)c2ccc(OC(C)C)c(C)c2)CC1. The van der Waals surface area contributed by atoms with Gasteiger partial charge in [0.15, 0.2) is 0 Å². The Hall–Kier alpha value is -2.24. The van der Waals surface area contributed by atoms with E-state index in [4.69, 9.17) is 9.47 Å². The number of nitrogens with one attached hydrogen (secondary N) is 1. The summed E-state index contributed by atoms with van der Waals surface area (Å²) in [6, 6.07) is 5.55. The highest BCUT2D eigenvalue weighted by atomic mass is 16.6. The lowest BCUT2D eigenvalue weighted by molar-refractivity contribution is 0.0860. The molecule has 2 rings (SSSR count). The lowest BCUT2D eigenvalue weighted by Gasteiger charge is -2.31. The van der Waals surface area contributed by atoms with Crippen LogP contribution in [0.5, 0.6) is 5.75 Å². The van der Waals surface area contributed by atoms with Gasteiger partial charge in [-0.05, 0) is 64.3 Å². The Balaban J connectivity index is 1.88. The molecule has 138 valence electrons. The Kier molecular flexibility index (Phi) is 6.67. The minimum absolute atomic E-state index is 0.0741. The first kappa shape index (κ1) is 19.1. The number of nitrogens with zero attached hydrogens (tertiary/aromatic N) is 1. The zero-order valence-electron chi connectivity index (χ0n) is 15.5. The van der Waals surface area contributed by atoms with E-state index in [1.165, 1.54) is 0 Å². The van der Waals surface area contributed by atoms with Gasteiger partial charge < -0.3 is 19.7 Å². The predicted octanol–water partition coefficient (Wildman–Crippen LogP) is 3.13. The van der Waals surface area contributed by atoms with Crippen molar-refractivity contribution in [2.24, 2.45) is 0 Å². The van der Waals surface area contributed by atoms with Crippen molar-refractivity contribution in [3.8, 4) is 5.75 Å². The molecule has 0 saturated carbocycles. The highest BCUT2D eigenvalue weighted by Crippen LogP contribution is 2.21. The number of hydrogen-bond donors (Lipinski definition) is 1. The molecule has 1 heterocycles. The van der Waals surface area contributed by atoms with Crippen LogP contribution in [-0.4, -0.2) is 48.7 Å². The van der Waals surface area contributed by atoms with Crippen LogP contribution in [0, 0.1) is 6.92 Å². The van der Waals surface area contributed by atoms with Gasteiger partial charge in [0, 0.05) is 24.7 Å².